The van der Waals surface area contributed by atoms with E-state index in [2.05, 4.69) is 15.6 Å². The lowest BCUT2D eigenvalue weighted by molar-refractivity contribution is 0.0513. The molecule has 1 aromatic rings. The Morgan fingerprint density at radius 1 is 1.20 bits per heavy atom. The Bertz CT molecular complexity index is 565. The van der Waals surface area contributed by atoms with Crippen LogP contribution < -0.4 is 10.6 Å². The second-order valence-electron chi connectivity index (χ2n) is 6.84. The second kappa shape index (κ2) is 8.63. The fourth-order valence-corrected chi connectivity index (χ4v) is 3.62. The summed E-state index contributed by atoms with van der Waals surface area (Å²) in [6, 6.07) is 6.86. The predicted octanol–water partition coefficient (Wildman–Crippen LogP) is 2.22. The smallest absolute Gasteiger partial charge is 0.191 e. The second-order valence-corrected chi connectivity index (χ2v) is 6.84. The van der Waals surface area contributed by atoms with Gasteiger partial charge in [-0.1, -0.05) is 12.1 Å². The summed E-state index contributed by atoms with van der Waals surface area (Å²) < 4.78 is 24.5. The monoisotopic (exact) mass is 349 g/mol. The average Bonchev–Trinajstić information content (AvgIpc) is 3.17. The molecule has 0 radical (unpaired) electrons. The first-order valence-electron chi connectivity index (χ1n) is 9.12. The van der Waals surface area contributed by atoms with E-state index >= 15 is 0 Å². The van der Waals surface area contributed by atoms with Crippen molar-refractivity contribution in [3.8, 4) is 0 Å². The summed E-state index contributed by atoms with van der Waals surface area (Å²) >= 11 is 0. The fraction of sp³-hybridized carbons (Fsp3) is 0.632. The van der Waals surface area contributed by atoms with Crippen molar-refractivity contribution in [3.63, 3.8) is 0 Å². The lowest BCUT2D eigenvalue weighted by Gasteiger charge is -2.38. The number of nitrogens with zero attached hydrogens (tertiary/aromatic N) is 1. The largest absolute Gasteiger partial charge is 0.381 e. The first-order chi connectivity index (χ1) is 12.2. The highest BCUT2D eigenvalue weighted by atomic mass is 19.1. The van der Waals surface area contributed by atoms with Gasteiger partial charge in [0.25, 0.3) is 0 Å². The van der Waals surface area contributed by atoms with Crippen LogP contribution in [0.3, 0.4) is 0 Å². The van der Waals surface area contributed by atoms with Crippen LogP contribution in [0.5, 0.6) is 0 Å². The van der Waals surface area contributed by atoms with Crippen LogP contribution in [0.4, 0.5) is 4.39 Å². The van der Waals surface area contributed by atoms with Gasteiger partial charge in [-0.2, -0.15) is 0 Å². The number of hydrogen-bond donors (Lipinski definition) is 2. The molecule has 5 nitrogen and oxygen atoms in total. The molecule has 0 bridgehead atoms. The molecule has 2 N–H and O–H groups in total. The standard InChI is InChI=1S/C19H28FN3O2/c1-21-18(22-13-17-3-2-10-25-17)23-14-19(8-11-24-12-9-19)15-4-6-16(20)7-5-15/h4-7,17H,2-3,8-14H2,1H3,(H2,21,22,23). The van der Waals surface area contributed by atoms with E-state index in [4.69, 9.17) is 9.47 Å². The van der Waals surface area contributed by atoms with Crippen molar-refractivity contribution in [2.75, 3.05) is 40.0 Å². The lowest BCUT2D eigenvalue weighted by Crippen LogP contribution is -2.49. The lowest BCUT2D eigenvalue weighted by atomic mass is 9.74. The Morgan fingerprint density at radius 2 is 1.96 bits per heavy atom. The van der Waals surface area contributed by atoms with Gasteiger partial charge >= 0.3 is 0 Å². The van der Waals surface area contributed by atoms with Crippen molar-refractivity contribution in [2.45, 2.75) is 37.2 Å². The maximum Gasteiger partial charge on any atom is 0.191 e. The zero-order valence-electron chi connectivity index (χ0n) is 14.9. The number of halogens is 1. The number of nitrogens with one attached hydrogen (secondary N) is 2. The molecule has 0 aliphatic carbocycles. The van der Waals surface area contributed by atoms with E-state index in [9.17, 15) is 4.39 Å². The molecule has 1 aromatic carbocycles. The maximum atomic E-state index is 13.3. The van der Waals surface area contributed by atoms with E-state index in [1.165, 1.54) is 12.1 Å². The molecule has 0 spiro atoms. The van der Waals surface area contributed by atoms with Crippen LogP contribution in [-0.4, -0.2) is 52.0 Å². The SMILES string of the molecule is CN=C(NCC1CCCO1)NCC1(c2ccc(F)cc2)CCOCC1. The van der Waals surface area contributed by atoms with Gasteiger partial charge < -0.3 is 20.1 Å². The highest BCUT2D eigenvalue weighted by Gasteiger charge is 2.34. The summed E-state index contributed by atoms with van der Waals surface area (Å²) in [7, 11) is 1.78. The molecular formula is C19H28FN3O2. The minimum atomic E-state index is -0.201. The van der Waals surface area contributed by atoms with Gasteiger partial charge in [-0.15, -0.1) is 0 Å². The Morgan fingerprint density at radius 3 is 2.60 bits per heavy atom. The quantitative estimate of drug-likeness (QED) is 0.632. The minimum Gasteiger partial charge on any atom is -0.381 e. The molecule has 138 valence electrons. The first kappa shape index (κ1) is 18.1. The summed E-state index contributed by atoms with van der Waals surface area (Å²) in [5, 5.41) is 6.80. The van der Waals surface area contributed by atoms with Crippen molar-refractivity contribution < 1.29 is 13.9 Å². The topological polar surface area (TPSA) is 54.9 Å². The molecule has 2 heterocycles. The van der Waals surface area contributed by atoms with Crippen LogP contribution in [-0.2, 0) is 14.9 Å². The molecule has 2 aliphatic heterocycles. The van der Waals surface area contributed by atoms with Gasteiger partial charge in [-0.05, 0) is 43.4 Å². The van der Waals surface area contributed by atoms with Crippen molar-refractivity contribution in [1.82, 2.24) is 10.6 Å². The van der Waals surface area contributed by atoms with E-state index in [0.717, 1.165) is 70.1 Å². The third-order valence-corrected chi connectivity index (χ3v) is 5.25. The Kier molecular flexibility index (Phi) is 6.26. The zero-order valence-corrected chi connectivity index (χ0v) is 14.9. The van der Waals surface area contributed by atoms with Gasteiger partial charge in [-0.25, -0.2) is 4.39 Å². The molecule has 0 aromatic heterocycles. The molecular weight excluding hydrogens is 321 g/mol. The highest BCUT2D eigenvalue weighted by Crippen LogP contribution is 2.34. The van der Waals surface area contributed by atoms with E-state index in [-0.39, 0.29) is 17.3 Å². The third kappa shape index (κ3) is 4.70. The third-order valence-electron chi connectivity index (χ3n) is 5.25. The van der Waals surface area contributed by atoms with Gasteiger partial charge in [0.2, 0.25) is 0 Å². The average molecular weight is 349 g/mol. The van der Waals surface area contributed by atoms with E-state index < -0.39 is 0 Å². The summed E-state index contributed by atoms with van der Waals surface area (Å²) in [5.41, 5.74) is 1.09. The summed E-state index contributed by atoms with van der Waals surface area (Å²) in [4.78, 5) is 4.32. The van der Waals surface area contributed by atoms with Gasteiger partial charge in [0, 0.05) is 45.4 Å². The van der Waals surface area contributed by atoms with Crippen molar-refractivity contribution >= 4 is 5.96 Å². The first-order valence-corrected chi connectivity index (χ1v) is 9.12. The Hall–Kier alpha value is -1.66. The van der Waals surface area contributed by atoms with Crippen molar-refractivity contribution in [1.29, 1.82) is 0 Å². The van der Waals surface area contributed by atoms with Crippen molar-refractivity contribution in [3.05, 3.63) is 35.6 Å². The molecule has 0 amide bonds. The Balaban J connectivity index is 1.62. The molecule has 6 heteroatoms. The van der Waals surface area contributed by atoms with Gasteiger partial charge in [0.05, 0.1) is 6.10 Å². The molecule has 1 unspecified atom stereocenters. The summed E-state index contributed by atoms with van der Waals surface area (Å²) in [6.45, 7) is 3.81. The van der Waals surface area contributed by atoms with Crippen LogP contribution in [0.25, 0.3) is 0 Å². The predicted molar refractivity (Wildman–Crippen MR) is 96.5 cm³/mol. The normalized spacial score (nSPS) is 23.4. The van der Waals surface area contributed by atoms with Crippen LogP contribution in [0.1, 0.15) is 31.2 Å². The van der Waals surface area contributed by atoms with E-state index in [1.807, 2.05) is 12.1 Å². The van der Waals surface area contributed by atoms with Gasteiger partial charge in [-0.3, -0.25) is 4.99 Å². The highest BCUT2D eigenvalue weighted by molar-refractivity contribution is 5.79. The van der Waals surface area contributed by atoms with Gasteiger partial charge in [0.15, 0.2) is 5.96 Å². The number of rotatable bonds is 5. The minimum absolute atomic E-state index is 0.0621. The number of guanidine groups is 1. The number of ether oxygens (including phenoxy) is 2. The molecule has 2 aliphatic rings. The zero-order chi connectivity index (χ0) is 17.5. The number of aliphatic imine (C=N–C) groups is 1. The van der Waals surface area contributed by atoms with Crippen LogP contribution >= 0.6 is 0 Å². The van der Waals surface area contributed by atoms with E-state index in [0.29, 0.717) is 0 Å². The summed E-state index contributed by atoms with van der Waals surface area (Å²) in [5.74, 6) is 0.580. The van der Waals surface area contributed by atoms with Gasteiger partial charge in [0.1, 0.15) is 5.82 Å². The fourth-order valence-electron chi connectivity index (χ4n) is 3.62. The van der Waals surface area contributed by atoms with Crippen LogP contribution in [0.15, 0.2) is 29.3 Å². The summed E-state index contributed by atoms with van der Waals surface area (Å²) in [6.07, 6.45) is 4.32. The molecule has 2 fully saturated rings. The number of hydrogen-bond acceptors (Lipinski definition) is 3. The molecule has 3 rings (SSSR count). The maximum absolute atomic E-state index is 13.3. The van der Waals surface area contributed by atoms with Crippen LogP contribution in [0.2, 0.25) is 0 Å². The molecule has 2 saturated heterocycles. The van der Waals surface area contributed by atoms with Crippen LogP contribution in [0, 0.1) is 5.82 Å². The number of benzene rings is 1. The van der Waals surface area contributed by atoms with Crippen molar-refractivity contribution in [2.24, 2.45) is 4.99 Å². The van der Waals surface area contributed by atoms with E-state index in [1.54, 1.807) is 7.05 Å². The Labute approximate surface area is 149 Å². The molecule has 25 heavy (non-hydrogen) atoms. The molecule has 0 saturated carbocycles. The molecule has 1 atom stereocenters.